The third kappa shape index (κ3) is 10.5. The largest absolute Gasteiger partial charge is 0.444 e. The normalized spacial score (nSPS) is 13.5. The summed E-state index contributed by atoms with van der Waals surface area (Å²) in [6.07, 6.45) is -0.428. The van der Waals surface area contributed by atoms with Gasteiger partial charge in [-0.25, -0.2) is 4.79 Å². The van der Waals surface area contributed by atoms with E-state index >= 15 is 0 Å². The van der Waals surface area contributed by atoms with Crippen LogP contribution in [-0.4, -0.2) is 62.3 Å². The fraction of sp³-hybridized carbons (Fsp3) is 0.684. The Hall–Kier alpha value is -1.07. The molecule has 1 aromatic heterocycles. The van der Waals surface area contributed by atoms with Crippen molar-refractivity contribution in [3.63, 3.8) is 0 Å². The Morgan fingerprint density at radius 3 is 2.36 bits per heavy atom. The monoisotopic (exact) mass is 525 g/mol. The van der Waals surface area contributed by atoms with E-state index in [1.54, 1.807) is 18.4 Å². The van der Waals surface area contributed by atoms with Gasteiger partial charge in [-0.3, -0.25) is 4.99 Å². The number of amides is 1. The van der Waals surface area contributed by atoms with Crippen molar-refractivity contribution in [2.45, 2.75) is 51.8 Å². The fourth-order valence-electron chi connectivity index (χ4n) is 2.36. The molecule has 28 heavy (non-hydrogen) atoms. The SMILES string of the molecule is CN=C(NCC(c1cccs1)N(C)C)NCC(C)(C)NC(=O)OC(C)(C)C.I. The Labute approximate surface area is 190 Å². The van der Waals surface area contributed by atoms with E-state index < -0.39 is 17.2 Å². The van der Waals surface area contributed by atoms with Crippen LogP contribution in [-0.2, 0) is 4.74 Å². The first-order valence-electron chi connectivity index (χ1n) is 9.09. The minimum Gasteiger partial charge on any atom is -0.444 e. The van der Waals surface area contributed by atoms with Crippen LogP contribution in [0.4, 0.5) is 4.79 Å². The van der Waals surface area contributed by atoms with E-state index in [9.17, 15) is 4.79 Å². The first-order chi connectivity index (χ1) is 12.4. The Morgan fingerprint density at radius 2 is 1.89 bits per heavy atom. The van der Waals surface area contributed by atoms with Gasteiger partial charge in [0, 0.05) is 25.0 Å². The summed E-state index contributed by atoms with van der Waals surface area (Å²) in [6.45, 7) is 10.6. The molecule has 0 saturated heterocycles. The average molecular weight is 526 g/mol. The standard InChI is InChI=1S/C19H35N5O2S.HI/c1-18(2,3)26-17(25)23-19(4,5)13-22-16(20-6)21-12-14(24(7)8)15-10-9-11-27-15;/h9-11,14H,12-13H2,1-8H3,(H,23,25)(H2,20,21,22);1H. The summed E-state index contributed by atoms with van der Waals surface area (Å²) >= 11 is 1.74. The lowest BCUT2D eigenvalue weighted by Crippen LogP contribution is -2.54. The van der Waals surface area contributed by atoms with Crippen LogP contribution in [0, 0.1) is 0 Å². The zero-order valence-electron chi connectivity index (χ0n) is 18.3. The molecule has 0 bridgehead atoms. The lowest BCUT2D eigenvalue weighted by Gasteiger charge is -2.30. The molecule has 0 radical (unpaired) electrons. The minimum absolute atomic E-state index is 0. The molecule has 1 amide bonds. The Bertz CT molecular complexity index is 612. The Morgan fingerprint density at radius 1 is 1.25 bits per heavy atom. The van der Waals surface area contributed by atoms with E-state index in [1.165, 1.54) is 4.88 Å². The van der Waals surface area contributed by atoms with E-state index in [-0.39, 0.29) is 30.0 Å². The van der Waals surface area contributed by atoms with Crippen LogP contribution in [0.25, 0.3) is 0 Å². The summed E-state index contributed by atoms with van der Waals surface area (Å²) in [5.41, 5.74) is -1.01. The van der Waals surface area contributed by atoms with E-state index in [1.807, 2.05) is 34.6 Å². The van der Waals surface area contributed by atoms with Gasteiger partial charge in [-0.1, -0.05) is 6.07 Å². The van der Waals surface area contributed by atoms with Crippen LogP contribution in [0.3, 0.4) is 0 Å². The third-order valence-electron chi connectivity index (χ3n) is 3.72. The molecule has 1 rings (SSSR count). The number of thiophene rings is 1. The molecule has 1 unspecified atom stereocenters. The van der Waals surface area contributed by atoms with Crippen molar-refractivity contribution in [3.8, 4) is 0 Å². The summed E-state index contributed by atoms with van der Waals surface area (Å²) in [5, 5.41) is 11.6. The molecular weight excluding hydrogens is 489 g/mol. The van der Waals surface area contributed by atoms with Crippen LogP contribution in [0.15, 0.2) is 22.5 Å². The molecule has 7 nitrogen and oxygen atoms in total. The summed E-state index contributed by atoms with van der Waals surface area (Å²) < 4.78 is 5.33. The third-order valence-corrected chi connectivity index (χ3v) is 4.69. The number of aliphatic imine (C=N–C) groups is 1. The lowest BCUT2D eigenvalue weighted by molar-refractivity contribution is 0.0474. The van der Waals surface area contributed by atoms with Crippen molar-refractivity contribution in [1.29, 1.82) is 0 Å². The van der Waals surface area contributed by atoms with Crippen molar-refractivity contribution < 1.29 is 9.53 Å². The van der Waals surface area contributed by atoms with E-state index in [2.05, 4.69) is 57.5 Å². The fourth-order valence-corrected chi connectivity index (χ4v) is 3.28. The zero-order valence-corrected chi connectivity index (χ0v) is 21.4. The zero-order chi connectivity index (χ0) is 20.7. The molecule has 9 heteroatoms. The first kappa shape index (κ1) is 26.9. The van der Waals surface area contributed by atoms with Crippen molar-refractivity contribution in [1.82, 2.24) is 20.9 Å². The molecule has 0 aliphatic rings. The molecule has 0 spiro atoms. The highest BCUT2D eigenvalue weighted by molar-refractivity contribution is 14.0. The van der Waals surface area contributed by atoms with Gasteiger partial charge in [0.15, 0.2) is 5.96 Å². The number of rotatable bonds is 7. The van der Waals surface area contributed by atoms with E-state index in [0.29, 0.717) is 12.5 Å². The van der Waals surface area contributed by atoms with E-state index in [4.69, 9.17) is 4.74 Å². The van der Waals surface area contributed by atoms with Crippen molar-refractivity contribution >= 4 is 47.4 Å². The van der Waals surface area contributed by atoms with Gasteiger partial charge in [-0.15, -0.1) is 35.3 Å². The molecule has 0 aromatic carbocycles. The van der Waals surface area contributed by atoms with E-state index in [0.717, 1.165) is 6.54 Å². The van der Waals surface area contributed by atoms with Gasteiger partial charge < -0.3 is 25.6 Å². The van der Waals surface area contributed by atoms with Crippen LogP contribution in [0.2, 0.25) is 0 Å². The molecule has 0 fully saturated rings. The molecule has 162 valence electrons. The summed E-state index contributed by atoms with van der Waals surface area (Å²) in [5.74, 6) is 0.692. The highest BCUT2D eigenvalue weighted by atomic mass is 127. The maximum Gasteiger partial charge on any atom is 0.408 e. The van der Waals surface area contributed by atoms with Gasteiger partial charge >= 0.3 is 6.09 Å². The van der Waals surface area contributed by atoms with Gasteiger partial charge in [0.2, 0.25) is 0 Å². The van der Waals surface area contributed by atoms with Crippen LogP contribution >= 0.6 is 35.3 Å². The highest BCUT2D eigenvalue weighted by Gasteiger charge is 2.25. The molecule has 0 aliphatic carbocycles. The van der Waals surface area contributed by atoms with Gasteiger partial charge in [0.25, 0.3) is 0 Å². The molecule has 0 saturated carbocycles. The molecular formula is C19H36IN5O2S. The van der Waals surface area contributed by atoms with Crippen molar-refractivity contribution in [2.75, 3.05) is 34.2 Å². The smallest absolute Gasteiger partial charge is 0.408 e. The van der Waals surface area contributed by atoms with Gasteiger partial charge in [-0.2, -0.15) is 0 Å². The molecule has 1 atom stereocenters. The van der Waals surface area contributed by atoms with Gasteiger partial charge in [0.05, 0.1) is 11.6 Å². The molecule has 1 heterocycles. The maximum absolute atomic E-state index is 12.0. The molecule has 1 aromatic rings. The Balaban J connectivity index is 0.00000729. The second-order valence-electron chi connectivity index (χ2n) is 8.31. The number of guanidine groups is 1. The predicted octanol–water partition coefficient (Wildman–Crippen LogP) is 3.44. The lowest BCUT2D eigenvalue weighted by atomic mass is 10.1. The summed E-state index contributed by atoms with van der Waals surface area (Å²) in [6, 6.07) is 4.46. The molecule has 0 aliphatic heterocycles. The molecule has 3 N–H and O–H groups in total. The van der Waals surface area contributed by atoms with Crippen LogP contribution in [0.1, 0.15) is 45.5 Å². The number of ether oxygens (including phenoxy) is 1. The number of likely N-dealkylation sites (N-methyl/N-ethyl adjacent to an activating group) is 1. The van der Waals surface area contributed by atoms with Crippen LogP contribution < -0.4 is 16.0 Å². The second kappa shape index (κ2) is 11.8. The number of nitrogens with one attached hydrogen (secondary N) is 3. The number of halogens is 1. The number of alkyl carbamates (subject to hydrolysis) is 1. The number of nitrogens with zero attached hydrogens (tertiary/aromatic N) is 2. The van der Waals surface area contributed by atoms with Gasteiger partial charge in [-0.05, 0) is 60.2 Å². The number of carbonyl (C=O) groups excluding carboxylic acids is 1. The maximum atomic E-state index is 12.0. The van der Waals surface area contributed by atoms with Crippen molar-refractivity contribution in [3.05, 3.63) is 22.4 Å². The van der Waals surface area contributed by atoms with Gasteiger partial charge in [0.1, 0.15) is 5.60 Å². The second-order valence-corrected chi connectivity index (χ2v) is 9.29. The number of hydrogen-bond donors (Lipinski definition) is 3. The average Bonchev–Trinajstić information content (AvgIpc) is 3.01. The first-order valence-corrected chi connectivity index (χ1v) is 9.97. The number of carbonyl (C=O) groups is 1. The summed E-state index contributed by atoms with van der Waals surface area (Å²) in [4.78, 5) is 19.8. The summed E-state index contributed by atoms with van der Waals surface area (Å²) in [7, 11) is 5.87. The quantitative estimate of drug-likeness (QED) is 0.289. The topological polar surface area (TPSA) is 78.0 Å². The predicted molar refractivity (Wildman–Crippen MR) is 129 cm³/mol. The van der Waals surface area contributed by atoms with Crippen LogP contribution in [0.5, 0.6) is 0 Å². The highest BCUT2D eigenvalue weighted by Crippen LogP contribution is 2.22. The minimum atomic E-state index is -0.520. The van der Waals surface area contributed by atoms with Crippen molar-refractivity contribution in [2.24, 2.45) is 4.99 Å². The number of hydrogen-bond acceptors (Lipinski definition) is 5. The Kier molecular flexibility index (Phi) is 11.4.